The Balaban J connectivity index is 2.21. The van der Waals surface area contributed by atoms with Crippen LogP contribution in [0.15, 0.2) is 36.0 Å². The molecule has 138 valence electrons. The lowest BCUT2D eigenvalue weighted by molar-refractivity contribution is -0.112. The van der Waals surface area contributed by atoms with Crippen molar-refractivity contribution in [3.05, 3.63) is 41.6 Å². The lowest BCUT2D eigenvalue weighted by atomic mass is 9.98. The molecule has 0 radical (unpaired) electrons. The molecule has 1 aromatic rings. The molecular weight excluding hydrogens is 330 g/mol. The number of benzene rings is 1. The van der Waals surface area contributed by atoms with E-state index in [1.165, 1.54) is 0 Å². The van der Waals surface area contributed by atoms with Crippen molar-refractivity contribution >= 4 is 17.6 Å². The maximum atomic E-state index is 12.6. The van der Waals surface area contributed by atoms with Crippen LogP contribution in [0.2, 0.25) is 0 Å². The van der Waals surface area contributed by atoms with Crippen molar-refractivity contribution in [2.75, 3.05) is 11.9 Å². The maximum Gasteiger partial charge on any atom is 0.340 e. The Kier molecular flexibility index (Phi) is 6.79. The van der Waals surface area contributed by atoms with Crippen LogP contribution in [0.1, 0.15) is 50.4 Å². The van der Waals surface area contributed by atoms with E-state index in [0.29, 0.717) is 5.69 Å². The second-order valence-corrected chi connectivity index (χ2v) is 6.45. The Morgan fingerprint density at radius 1 is 1.31 bits per heavy atom. The molecule has 1 fully saturated rings. The summed E-state index contributed by atoms with van der Waals surface area (Å²) in [6.07, 6.45) is 4.85. The zero-order valence-electron chi connectivity index (χ0n) is 15.5. The van der Waals surface area contributed by atoms with E-state index in [1.807, 2.05) is 6.07 Å². The van der Waals surface area contributed by atoms with Crippen LogP contribution >= 0.6 is 0 Å². The Morgan fingerprint density at radius 3 is 2.58 bits per heavy atom. The highest BCUT2D eigenvalue weighted by Crippen LogP contribution is 2.24. The number of carbonyl (C=O) groups excluding carboxylic acids is 2. The van der Waals surface area contributed by atoms with Crippen LogP contribution in [0, 0.1) is 11.3 Å². The lowest BCUT2D eigenvalue weighted by Gasteiger charge is -2.38. The van der Waals surface area contributed by atoms with Gasteiger partial charge in [0.05, 0.1) is 17.9 Å². The van der Waals surface area contributed by atoms with Gasteiger partial charge in [0.15, 0.2) is 0 Å². The van der Waals surface area contributed by atoms with Crippen molar-refractivity contribution < 1.29 is 14.3 Å². The second-order valence-electron chi connectivity index (χ2n) is 6.45. The molecule has 0 bridgehead atoms. The molecule has 0 spiro atoms. The maximum absolute atomic E-state index is 12.6. The van der Waals surface area contributed by atoms with Crippen LogP contribution < -0.4 is 5.32 Å². The molecule has 1 N–H and O–H groups in total. The molecule has 0 aromatic heterocycles. The lowest BCUT2D eigenvalue weighted by Crippen LogP contribution is -2.40. The molecule has 1 aliphatic rings. The predicted octanol–water partition coefficient (Wildman–Crippen LogP) is 3.47. The largest absolute Gasteiger partial charge is 0.462 e. The first kappa shape index (κ1) is 19.5. The molecule has 26 heavy (non-hydrogen) atoms. The van der Waals surface area contributed by atoms with Crippen LogP contribution in [0.3, 0.4) is 0 Å². The number of piperidine rings is 1. The highest BCUT2D eigenvalue weighted by atomic mass is 16.5. The monoisotopic (exact) mass is 355 g/mol. The number of hydrogen-bond acceptors (Lipinski definition) is 5. The number of rotatable bonds is 5. The molecule has 1 heterocycles. The number of esters is 1. The Hall–Kier alpha value is -2.81. The third-order valence-electron chi connectivity index (χ3n) is 4.58. The minimum Gasteiger partial charge on any atom is -0.462 e. The molecule has 2 atom stereocenters. The van der Waals surface area contributed by atoms with Crippen LogP contribution in [-0.2, 0) is 9.53 Å². The summed E-state index contributed by atoms with van der Waals surface area (Å²) in [5.74, 6) is -1.04. The van der Waals surface area contributed by atoms with Gasteiger partial charge in [-0.25, -0.2) is 4.79 Å². The number of amides is 1. The standard InChI is InChI=1S/C20H25N3O3/c1-4-26-20(25)17-10-5-6-11-18(17)22-19(24)16(12-21)13-23-14(2)8-7-9-15(23)3/h5-6,10-11,13-15H,4,7-9H2,1-3H3,(H,22,24)/b16-13-. The third-order valence-corrected chi connectivity index (χ3v) is 4.58. The van der Waals surface area contributed by atoms with Crippen molar-refractivity contribution in [3.63, 3.8) is 0 Å². The topological polar surface area (TPSA) is 82.4 Å². The summed E-state index contributed by atoms with van der Waals surface area (Å²) in [4.78, 5) is 26.7. The summed E-state index contributed by atoms with van der Waals surface area (Å²) < 4.78 is 5.01. The number of para-hydroxylation sites is 1. The van der Waals surface area contributed by atoms with E-state index in [0.717, 1.165) is 19.3 Å². The number of ether oxygens (including phenoxy) is 1. The molecule has 2 unspecified atom stereocenters. The predicted molar refractivity (Wildman–Crippen MR) is 99.3 cm³/mol. The summed E-state index contributed by atoms with van der Waals surface area (Å²) in [5.41, 5.74) is 0.612. The van der Waals surface area contributed by atoms with Gasteiger partial charge < -0.3 is 15.0 Å². The van der Waals surface area contributed by atoms with E-state index in [1.54, 1.807) is 37.4 Å². The van der Waals surface area contributed by atoms with E-state index >= 15 is 0 Å². The van der Waals surface area contributed by atoms with Crippen molar-refractivity contribution in [3.8, 4) is 6.07 Å². The van der Waals surface area contributed by atoms with Gasteiger partial charge in [0.1, 0.15) is 11.6 Å². The molecule has 2 rings (SSSR count). The average molecular weight is 355 g/mol. The second kappa shape index (κ2) is 9.04. The molecule has 1 amide bonds. The fourth-order valence-electron chi connectivity index (χ4n) is 3.15. The normalized spacial score (nSPS) is 20.2. The van der Waals surface area contributed by atoms with Gasteiger partial charge in [-0.15, -0.1) is 0 Å². The average Bonchev–Trinajstić information content (AvgIpc) is 2.62. The SMILES string of the molecule is CCOC(=O)c1ccccc1NC(=O)/C(C#N)=C\N1C(C)CCCC1C. The van der Waals surface area contributed by atoms with E-state index in [4.69, 9.17) is 4.74 Å². The van der Waals surface area contributed by atoms with Gasteiger partial charge in [-0.05, 0) is 52.2 Å². The highest BCUT2D eigenvalue weighted by molar-refractivity contribution is 6.09. The minimum atomic E-state index is -0.533. The van der Waals surface area contributed by atoms with Gasteiger partial charge >= 0.3 is 5.97 Å². The molecular formula is C20H25N3O3. The highest BCUT2D eigenvalue weighted by Gasteiger charge is 2.24. The molecule has 1 saturated heterocycles. The molecule has 0 saturated carbocycles. The first-order chi connectivity index (χ1) is 12.5. The summed E-state index contributed by atoms with van der Waals surface area (Å²) in [6.45, 7) is 6.15. The number of likely N-dealkylation sites (tertiary alicyclic amines) is 1. The Morgan fingerprint density at radius 2 is 1.96 bits per heavy atom. The quantitative estimate of drug-likeness (QED) is 0.497. The van der Waals surface area contributed by atoms with Crippen LogP contribution in [-0.4, -0.2) is 35.5 Å². The smallest absolute Gasteiger partial charge is 0.340 e. The van der Waals surface area contributed by atoms with Crippen LogP contribution in [0.4, 0.5) is 5.69 Å². The van der Waals surface area contributed by atoms with Crippen molar-refractivity contribution in [1.29, 1.82) is 5.26 Å². The number of anilines is 1. The van der Waals surface area contributed by atoms with Crippen molar-refractivity contribution in [1.82, 2.24) is 4.90 Å². The molecule has 6 nitrogen and oxygen atoms in total. The fourth-order valence-corrected chi connectivity index (χ4v) is 3.15. The van der Waals surface area contributed by atoms with Crippen molar-refractivity contribution in [2.24, 2.45) is 0 Å². The number of hydrogen-bond donors (Lipinski definition) is 1. The molecule has 0 aliphatic carbocycles. The first-order valence-electron chi connectivity index (χ1n) is 8.94. The number of nitriles is 1. The zero-order chi connectivity index (χ0) is 19.1. The van der Waals surface area contributed by atoms with Gasteiger partial charge in [-0.2, -0.15) is 5.26 Å². The van der Waals surface area contributed by atoms with Gasteiger partial charge in [-0.1, -0.05) is 12.1 Å². The zero-order valence-corrected chi connectivity index (χ0v) is 15.5. The summed E-state index contributed by atoms with van der Waals surface area (Å²) >= 11 is 0. The molecule has 1 aliphatic heterocycles. The van der Waals surface area contributed by atoms with Crippen LogP contribution in [0.25, 0.3) is 0 Å². The van der Waals surface area contributed by atoms with Crippen LogP contribution in [0.5, 0.6) is 0 Å². The first-order valence-corrected chi connectivity index (χ1v) is 8.94. The summed E-state index contributed by atoms with van der Waals surface area (Å²) in [7, 11) is 0. The van der Waals surface area contributed by atoms with Gasteiger partial charge in [0, 0.05) is 18.3 Å². The number of nitrogens with one attached hydrogen (secondary N) is 1. The van der Waals surface area contributed by atoms with E-state index in [-0.39, 0.29) is 29.8 Å². The van der Waals surface area contributed by atoms with E-state index in [2.05, 4.69) is 24.1 Å². The van der Waals surface area contributed by atoms with E-state index in [9.17, 15) is 14.9 Å². The number of nitrogens with zero attached hydrogens (tertiary/aromatic N) is 2. The number of carbonyl (C=O) groups is 2. The molecule has 1 aromatic carbocycles. The van der Waals surface area contributed by atoms with Gasteiger partial charge in [0.25, 0.3) is 5.91 Å². The summed E-state index contributed by atoms with van der Waals surface area (Å²) in [6, 6.07) is 9.14. The van der Waals surface area contributed by atoms with E-state index < -0.39 is 11.9 Å². The Bertz CT molecular complexity index is 726. The van der Waals surface area contributed by atoms with Gasteiger partial charge in [0.2, 0.25) is 0 Å². The Labute approximate surface area is 154 Å². The summed E-state index contributed by atoms with van der Waals surface area (Å²) in [5, 5.41) is 12.1. The minimum absolute atomic E-state index is 0.0178. The fraction of sp³-hybridized carbons (Fsp3) is 0.450. The molecule has 6 heteroatoms. The third kappa shape index (κ3) is 4.63. The van der Waals surface area contributed by atoms with Gasteiger partial charge in [-0.3, -0.25) is 4.79 Å². The van der Waals surface area contributed by atoms with Crippen molar-refractivity contribution in [2.45, 2.75) is 52.1 Å².